The minimum atomic E-state index is 0.0226. The highest BCUT2D eigenvalue weighted by Crippen LogP contribution is 2.30. The number of nitrogens with zero attached hydrogens (tertiary/aromatic N) is 2. The normalized spacial score (nSPS) is 14.4. The standard InChI is InChI=1S/C22H24ClN5O/c23-19-11-20(14-1-2-16(12-24)17(9-14)13-25)27-21-10-15(3-4-18(19)21)22(29)28-7-5-26-6-8-28/h1-4,9-11,26H,5-8,12-13,24-25H2. The number of aromatic nitrogens is 1. The zero-order valence-electron chi connectivity index (χ0n) is 16.1. The van der Waals surface area contributed by atoms with E-state index in [-0.39, 0.29) is 5.91 Å². The van der Waals surface area contributed by atoms with Crippen molar-refractivity contribution in [2.24, 2.45) is 11.5 Å². The zero-order valence-corrected chi connectivity index (χ0v) is 16.9. The van der Waals surface area contributed by atoms with E-state index in [0.29, 0.717) is 42.3 Å². The average Bonchev–Trinajstić information content (AvgIpc) is 2.78. The fourth-order valence-electron chi connectivity index (χ4n) is 3.69. The molecular formula is C22H24ClN5O. The Balaban J connectivity index is 1.74. The Morgan fingerprint density at radius 1 is 1.03 bits per heavy atom. The molecule has 0 spiro atoms. The number of pyridine rings is 1. The summed E-state index contributed by atoms with van der Waals surface area (Å²) in [6.45, 7) is 3.90. The first-order valence-electron chi connectivity index (χ1n) is 9.73. The van der Waals surface area contributed by atoms with Crippen LogP contribution in [0.5, 0.6) is 0 Å². The van der Waals surface area contributed by atoms with Crippen molar-refractivity contribution in [3.8, 4) is 11.3 Å². The number of carbonyl (C=O) groups excluding carboxylic acids is 1. The van der Waals surface area contributed by atoms with E-state index >= 15 is 0 Å². The third-order valence-electron chi connectivity index (χ3n) is 5.35. The second kappa shape index (κ2) is 8.47. The maximum Gasteiger partial charge on any atom is 0.254 e. The topological polar surface area (TPSA) is 97.3 Å². The number of hydrogen-bond acceptors (Lipinski definition) is 5. The predicted octanol–water partition coefficient (Wildman–Crippen LogP) is 2.52. The molecule has 2 aromatic carbocycles. The minimum absolute atomic E-state index is 0.0226. The number of hydrogen-bond donors (Lipinski definition) is 3. The van der Waals surface area contributed by atoms with Crippen molar-refractivity contribution in [1.29, 1.82) is 0 Å². The molecule has 29 heavy (non-hydrogen) atoms. The second-order valence-corrected chi connectivity index (χ2v) is 7.56. The molecule has 1 aromatic heterocycles. The maximum atomic E-state index is 12.8. The largest absolute Gasteiger partial charge is 0.336 e. The van der Waals surface area contributed by atoms with E-state index in [4.69, 9.17) is 28.1 Å². The van der Waals surface area contributed by atoms with Crippen LogP contribution in [-0.2, 0) is 13.1 Å². The Bertz CT molecular complexity index is 1060. The molecule has 1 amide bonds. The number of nitrogens with two attached hydrogens (primary N) is 2. The van der Waals surface area contributed by atoms with Gasteiger partial charge >= 0.3 is 0 Å². The molecule has 1 aliphatic heterocycles. The van der Waals surface area contributed by atoms with Gasteiger partial charge in [0.15, 0.2) is 0 Å². The summed E-state index contributed by atoms with van der Waals surface area (Å²) < 4.78 is 0. The number of carbonyl (C=O) groups is 1. The summed E-state index contributed by atoms with van der Waals surface area (Å²) in [5, 5.41) is 4.69. The molecule has 6 nitrogen and oxygen atoms in total. The quantitative estimate of drug-likeness (QED) is 0.615. The third kappa shape index (κ3) is 3.97. The van der Waals surface area contributed by atoms with Gasteiger partial charge in [0.05, 0.1) is 16.2 Å². The summed E-state index contributed by atoms with van der Waals surface area (Å²) in [7, 11) is 0. The van der Waals surface area contributed by atoms with Crippen LogP contribution in [0.3, 0.4) is 0 Å². The van der Waals surface area contributed by atoms with E-state index in [1.165, 1.54) is 0 Å². The summed E-state index contributed by atoms with van der Waals surface area (Å²) in [4.78, 5) is 19.5. The van der Waals surface area contributed by atoms with Gasteiger partial charge in [0.2, 0.25) is 0 Å². The molecule has 4 rings (SSSR count). The first-order valence-corrected chi connectivity index (χ1v) is 10.1. The monoisotopic (exact) mass is 409 g/mol. The first kappa shape index (κ1) is 19.8. The Labute approximate surface area is 174 Å². The van der Waals surface area contributed by atoms with E-state index in [2.05, 4.69) is 5.32 Å². The Morgan fingerprint density at radius 2 is 1.79 bits per heavy atom. The van der Waals surface area contributed by atoms with E-state index < -0.39 is 0 Å². The van der Waals surface area contributed by atoms with Crippen molar-refractivity contribution in [3.05, 3.63) is 64.2 Å². The third-order valence-corrected chi connectivity index (χ3v) is 5.67. The van der Waals surface area contributed by atoms with E-state index in [0.717, 1.165) is 40.9 Å². The van der Waals surface area contributed by atoms with Gasteiger partial charge in [0.1, 0.15) is 0 Å². The molecule has 1 saturated heterocycles. The molecule has 0 aliphatic carbocycles. The number of rotatable bonds is 4. The highest BCUT2D eigenvalue weighted by atomic mass is 35.5. The Kier molecular flexibility index (Phi) is 5.78. The van der Waals surface area contributed by atoms with Crippen LogP contribution in [0.15, 0.2) is 42.5 Å². The van der Waals surface area contributed by atoms with Gasteiger partial charge in [0.25, 0.3) is 5.91 Å². The van der Waals surface area contributed by atoms with Crippen LogP contribution in [0, 0.1) is 0 Å². The van der Waals surface area contributed by atoms with Gasteiger partial charge in [-0.15, -0.1) is 0 Å². The molecule has 1 fully saturated rings. The zero-order chi connectivity index (χ0) is 20.4. The van der Waals surface area contributed by atoms with Crippen molar-refractivity contribution in [1.82, 2.24) is 15.2 Å². The molecule has 3 aromatic rings. The van der Waals surface area contributed by atoms with Gasteiger partial charge in [-0.25, -0.2) is 4.98 Å². The summed E-state index contributed by atoms with van der Waals surface area (Å²) in [5.74, 6) is 0.0226. The number of piperazine rings is 1. The van der Waals surface area contributed by atoms with Crippen LogP contribution in [-0.4, -0.2) is 42.0 Å². The molecular weight excluding hydrogens is 386 g/mol. The minimum Gasteiger partial charge on any atom is -0.336 e. The average molecular weight is 410 g/mol. The van der Waals surface area contributed by atoms with Crippen molar-refractivity contribution >= 4 is 28.4 Å². The predicted molar refractivity (Wildman–Crippen MR) is 117 cm³/mol. The van der Waals surface area contributed by atoms with Crippen LogP contribution in [0.4, 0.5) is 0 Å². The van der Waals surface area contributed by atoms with Crippen LogP contribution in [0.1, 0.15) is 21.5 Å². The fourth-order valence-corrected chi connectivity index (χ4v) is 3.95. The molecule has 1 aliphatic rings. The lowest BCUT2D eigenvalue weighted by Gasteiger charge is -2.27. The molecule has 0 unspecified atom stereocenters. The van der Waals surface area contributed by atoms with Gasteiger partial charge in [0, 0.05) is 55.8 Å². The van der Waals surface area contributed by atoms with E-state index in [9.17, 15) is 4.79 Å². The molecule has 5 N–H and O–H groups in total. The molecule has 0 bridgehead atoms. The van der Waals surface area contributed by atoms with Crippen LogP contribution in [0.2, 0.25) is 5.02 Å². The molecule has 2 heterocycles. The van der Waals surface area contributed by atoms with Gasteiger partial charge in [-0.2, -0.15) is 0 Å². The van der Waals surface area contributed by atoms with E-state index in [1.807, 2.05) is 47.4 Å². The van der Waals surface area contributed by atoms with Crippen LogP contribution in [0.25, 0.3) is 22.2 Å². The Hall–Kier alpha value is -2.51. The van der Waals surface area contributed by atoms with Gasteiger partial charge in [-0.05, 0) is 35.4 Å². The molecule has 150 valence electrons. The maximum absolute atomic E-state index is 12.8. The first-order chi connectivity index (χ1) is 14.1. The highest BCUT2D eigenvalue weighted by molar-refractivity contribution is 6.35. The summed E-state index contributed by atoms with van der Waals surface area (Å²) >= 11 is 6.54. The van der Waals surface area contributed by atoms with E-state index in [1.54, 1.807) is 0 Å². The van der Waals surface area contributed by atoms with Gasteiger partial charge in [-0.1, -0.05) is 29.8 Å². The number of fused-ring (bicyclic) bond motifs is 1. The number of halogens is 1. The summed E-state index contributed by atoms with van der Waals surface area (Å²) in [6, 6.07) is 13.3. The SMILES string of the molecule is NCc1ccc(-c2cc(Cl)c3ccc(C(=O)N4CCNCC4)cc3n2)cc1CN. The second-order valence-electron chi connectivity index (χ2n) is 7.16. The van der Waals surface area contributed by atoms with Crippen LogP contribution < -0.4 is 16.8 Å². The van der Waals surface area contributed by atoms with Crippen LogP contribution >= 0.6 is 11.6 Å². The van der Waals surface area contributed by atoms with Crippen molar-refractivity contribution in [2.45, 2.75) is 13.1 Å². The molecule has 0 atom stereocenters. The van der Waals surface area contributed by atoms with Crippen molar-refractivity contribution < 1.29 is 4.79 Å². The number of nitrogens with one attached hydrogen (secondary N) is 1. The molecule has 7 heteroatoms. The number of benzene rings is 2. The summed E-state index contributed by atoms with van der Waals surface area (Å²) in [6.07, 6.45) is 0. The lowest BCUT2D eigenvalue weighted by molar-refractivity contribution is 0.0736. The van der Waals surface area contributed by atoms with Gasteiger partial charge in [-0.3, -0.25) is 4.79 Å². The summed E-state index contributed by atoms with van der Waals surface area (Å²) in [5.41, 5.74) is 16.7. The fraction of sp³-hybridized carbons (Fsp3) is 0.273. The lowest BCUT2D eigenvalue weighted by Crippen LogP contribution is -2.46. The number of amides is 1. The van der Waals surface area contributed by atoms with Crippen molar-refractivity contribution in [3.63, 3.8) is 0 Å². The molecule has 0 radical (unpaired) electrons. The van der Waals surface area contributed by atoms with Gasteiger partial charge < -0.3 is 21.7 Å². The Morgan fingerprint density at radius 3 is 2.52 bits per heavy atom. The smallest absolute Gasteiger partial charge is 0.254 e. The molecule has 0 saturated carbocycles. The van der Waals surface area contributed by atoms with Crippen molar-refractivity contribution in [2.75, 3.05) is 26.2 Å². The lowest BCUT2D eigenvalue weighted by atomic mass is 10.0. The highest BCUT2D eigenvalue weighted by Gasteiger charge is 2.19.